The third-order valence-electron chi connectivity index (χ3n) is 7.03. The largest absolute Gasteiger partial charge is 0.277 e. The maximum absolute atomic E-state index is 9.36. The molecule has 3 heterocycles. The predicted molar refractivity (Wildman–Crippen MR) is 168 cm³/mol. The van der Waals surface area contributed by atoms with Crippen LogP contribution in [0.25, 0.3) is 21.9 Å². The Morgan fingerprint density at radius 1 is 0.786 bits per heavy atom. The van der Waals surface area contributed by atoms with Crippen LogP contribution in [0.5, 0.6) is 0 Å². The average Bonchev–Trinajstić information content (AvgIpc) is 3.46. The van der Waals surface area contributed by atoms with Gasteiger partial charge in [-0.2, -0.15) is 5.26 Å². The molecule has 5 rings (SSSR count). The van der Waals surface area contributed by atoms with Crippen molar-refractivity contribution >= 4 is 23.0 Å². The van der Waals surface area contributed by atoms with Crippen molar-refractivity contribution in [2.75, 3.05) is 4.90 Å². The van der Waals surface area contributed by atoms with Crippen LogP contribution < -0.4 is 4.90 Å². The summed E-state index contributed by atoms with van der Waals surface area (Å²) in [7, 11) is 0. The highest BCUT2D eigenvalue weighted by molar-refractivity contribution is 5.76. The highest BCUT2D eigenvalue weighted by Gasteiger charge is 2.25. The monoisotopic (exact) mass is 551 g/mol. The zero-order valence-electron chi connectivity index (χ0n) is 24.8. The molecule has 0 saturated carbocycles. The van der Waals surface area contributed by atoms with Crippen molar-refractivity contribution in [3.63, 3.8) is 0 Å². The minimum absolute atomic E-state index is 0.0851. The molecule has 0 aliphatic rings. The molecule has 42 heavy (non-hydrogen) atoms. The second-order valence-electron chi connectivity index (χ2n) is 12.3. The van der Waals surface area contributed by atoms with E-state index in [2.05, 4.69) is 80.5 Å². The minimum atomic E-state index is -0.0851. The Bertz CT molecular complexity index is 1810. The summed E-state index contributed by atoms with van der Waals surface area (Å²) in [4.78, 5) is 15.1. The van der Waals surface area contributed by atoms with E-state index in [9.17, 15) is 5.26 Å². The van der Waals surface area contributed by atoms with Gasteiger partial charge in [0.05, 0.1) is 12.3 Å². The molecule has 7 nitrogen and oxygen atoms in total. The number of hydrogen-bond acceptors (Lipinski definition) is 5. The zero-order chi connectivity index (χ0) is 30.1. The number of nitriles is 1. The Balaban J connectivity index is 1.72. The van der Waals surface area contributed by atoms with Crippen LogP contribution in [0, 0.1) is 17.9 Å². The van der Waals surface area contributed by atoms with Gasteiger partial charge in [0, 0.05) is 18.0 Å². The van der Waals surface area contributed by atoms with Gasteiger partial charge in [0.25, 0.3) is 0 Å². The molecule has 3 aromatic heterocycles. The number of rotatable bonds is 5. The average molecular weight is 552 g/mol. The fourth-order valence-electron chi connectivity index (χ4n) is 4.61. The Labute approximate surface area is 247 Å². The molecule has 0 atom stereocenters. The molecule has 7 heteroatoms. The van der Waals surface area contributed by atoms with Gasteiger partial charge >= 0.3 is 0 Å². The standard InChI is InChI=1S/C35H33N7/c1-34(2,3)25-20-26(35(4,5)6)22-29(21-25)42(33-17-18-41(40-33)31-15-9-13-28(23-36)38-31)32-16-10-14-30(39-32)24-11-8-12-27(19-24)37-7/h8-22H,1-6H3. The normalized spacial score (nSPS) is 11.5. The molecule has 0 fully saturated rings. The first kappa shape index (κ1) is 28.3. The van der Waals surface area contributed by atoms with Crippen LogP contribution in [0.3, 0.4) is 0 Å². The molecule has 0 spiro atoms. The SMILES string of the molecule is [C-]#[N+]c1cccc(-c2cccc(N(c3cc(C(C)(C)C)cc(C(C)(C)C)c3)c3ccn(-c4cccc(C#N)n4)n3)n2)c1. The molecule has 0 saturated heterocycles. The number of hydrogen-bond donors (Lipinski definition) is 0. The third-order valence-corrected chi connectivity index (χ3v) is 7.03. The zero-order valence-corrected chi connectivity index (χ0v) is 24.8. The van der Waals surface area contributed by atoms with E-state index in [1.807, 2.05) is 54.7 Å². The molecule has 0 amide bonds. The van der Waals surface area contributed by atoms with Crippen LogP contribution >= 0.6 is 0 Å². The molecule has 0 bridgehead atoms. The number of anilines is 3. The number of aromatic nitrogens is 4. The lowest BCUT2D eigenvalue weighted by Crippen LogP contribution is -2.20. The molecular formula is C35H33N7. The maximum Gasteiger partial charge on any atom is 0.187 e. The van der Waals surface area contributed by atoms with E-state index in [0.29, 0.717) is 28.8 Å². The van der Waals surface area contributed by atoms with Gasteiger partial charge < -0.3 is 0 Å². The van der Waals surface area contributed by atoms with Crippen molar-refractivity contribution < 1.29 is 0 Å². The lowest BCUT2D eigenvalue weighted by atomic mass is 9.80. The van der Waals surface area contributed by atoms with E-state index in [4.69, 9.17) is 16.7 Å². The van der Waals surface area contributed by atoms with E-state index in [-0.39, 0.29) is 10.8 Å². The summed E-state index contributed by atoms with van der Waals surface area (Å²) in [6.07, 6.45) is 1.84. The molecule has 0 unspecified atom stereocenters. The van der Waals surface area contributed by atoms with Crippen molar-refractivity contribution in [1.29, 1.82) is 5.26 Å². The minimum Gasteiger partial charge on any atom is -0.277 e. The van der Waals surface area contributed by atoms with Gasteiger partial charge in [0.1, 0.15) is 17.6 Å². The van der Waals surface area contributed by atoms with Gasteiger partial charge in [-0.05, 0) is 70.0 Å². The van der Waals surface area contributed by atoms with E-state index in [1.54, 1.807) is 22.9 Å². The first-order valence-corrected chi connectivity index (χ1v) is 13.8. The molecule has 0 aliphatic carbocycles. The van der Waals surface area contributed by atoms with E-state index < -0.39 is 0 Å². The summed E-state index contributed by atoms with van der Waals surface area (Å²) in [6, 6.07) is 29.4. The third kappa shape index (κ3) is 5.92. The first-order chi connectivity index (χ1) is 20.0. The highest BCUT2D eigenvalue weighted by atomic mass is 15.4. The van der Waals surface area contributed by atoms with Crippen LogP contribution in [-0.2, 0) is 10.8 Å². The Kier molecular flexibility index (Phi) is 7.37. The Morgan fingerprint density at radius 2 is 1.48 bits per heavy atom. The topological polar surface area (TPSA) is 75.0 Å². The summed E-state index contributed by atoms with van der Waals surface area (Å²) < 4.78 is 1.67. The van der Waals surface area contributed by atoms with E-state index in [0.717, 1.165) is 16.9 Å². The maximum atomic E-state index is 9.36. The summed E-state index contributed by atoms with van der Waals surface area (Å²) >= 11 is 0. The number of pyridine rings is 2. The van der Waals surface area contributed by atoms with Crippen LogP contribution in [0.4, 0.5) is 23.0 Å². The van der Waals surface area contributed by atoms with Crippen LogP contribution in [0.2, 0.25) is 0 Å². The second kappa shape index (κ2) is 11.0. The molecule has 0 aliphatic heterocycles. The molecule has 2 aromatic carbocycles. The fourth-order valence-corrected chi connectivity index (χ4v) is 4.61. The van der Waals surface area contributed by atoms with E-state index in [1.165, 1.54) is 11.1 Å². The van der Waals surface area contributed by atoms with Gasteiger partial charge in [0.15, 0.2) is 17.3 Å². The summed E-state index contributed by atoms with van der Waals surface area (Å²) in [6.45, 7) is 20.7. The van der Waals surface area contributed by atoms with Crippen molar-refractivity contribution in [2.24, 2.45) is 0 Å². The fraction of sp³-hybridized carbons (Fsp3) is 0.229. The van der Waals surface area contributed by atoms with Gasteiger partial charge in [-0.25, -0.2) is 19.5 Å². The quantitative estimate of drug-likeness (QED) is 0.204. The van der Waals surface area contributed by atoms with Gasteiger partial charge in [-0.1, -0.05) is 77.9 Å². The number of benzene rings is 2. The van der Waals surface area contributed by atoms with Crippen molar-refractivity contribution in [3.05, 3.63) is 119 Å². The second-order valence-corrected chi connectivity index (χ2v) is 12.3. The molecular weight excluding hydrogens is 518 g/mol. The summed E-state index contributed by atoms with van der Waals surface area (Å²) in [5.74, 6) is 1.90. The first-order valence-electron chi connectivity index (χ1n) is 13.8. The van der Waals surface area contributed by atoms with Crippen molar-refractivity contribution in [2.45, 2.75) is 52.4 Å². The van der Waals surface area contributed by atoms with Crippen molar-refractivity contribution in [3.8, 4) is 23.1 Å². The summed E-state index contributed by atoms with van der Waals surface area (Å²) in [5, 5.41) is 14.3. The van der Waals surface area contributed by atoms with Crippen LogP contribution in [-0.4, -0.2) is 19.7 Å². The van der Waals surface area contributed by atoms with Crippen LogP contribution in [0.15, 0.2) is 91.1 Å². The lowest BCUT2D eigenvalue weighted by molar-refractivity contribution is 0.568. The van der Waals surface area contributed by atoms with Gasteiger partial charge in [-0.15, -0.1) is 5.10 Å². The molecule has 0 N–H and O–H groups in total. The number of nitrogens with zero attached hydrogens (tertiary/aromatic N) is 7. The van der Waals surface area contributed by atoms with Gasteiger partial charge in [-0.3, -0.25) is 4.90 Å². The smallest absolute Gasteiger partial charge is 0.187 e. The van der Waals surface area contributed by atoms with Crippen LogP contribution in [0.1, 0.15) is 58.4 Å². The predicted octanol–water partition coefficient (Wildman–Crippen LogP) is 8.82. The lowest BCUT2D eigenvalue weighted by Gasteiger charge is -2.29. The van der Waals surface area contributed by atoms with Gasteiger partial charge in [0.2, 0.25) is 0 Å². The molecule has 5 aromatic rings. The van der Waals surface area contributed by atoms with E-state index >= 15 is 0 Å². The Morgan fingerprint density at radius 3 is 2.14 bits per heavy atom. The highest BCUT2D eigenvalue weighted by Crippen LogP contribution is 2.39. The van der Waals surface area contributed by atoms with Crippen molar-refractivity contribution in [1.82, 2.24) is 19.7 Å². The summed E-state index contributed by atoms with van der Waals surface area (Å²) in [5.41, 5.74) is 5.70. The molecule has 208 valence electrons. The molecule has 0 radical (unpaired) electrons. The Hall–Kier alpha value is -5.27.